The number of phosphoric acid groups is 1. The van der Waals surface area contributed by atoms with Gasteiger partial charge in [-0.1, -0.05) is 0 Å². The molecule has 22 fully saturated rings. The summed E-state index contributed by atoms with van der Waals surface area (Å²) in [7, 11) is -5.62. The van der Waals surface area contributed by atoms with Gasteiger partial charge in [-0.25, -0.2) is 0 Å². The lowest BCUT2D eigenvalue weighted by molar-refractivity contribution is -0.404. The quantitative estimate of drug-likeness (QED) is 0.100. The van der Waals surface area contributed by atoms with Gasteiger partial charge in [0.15, 0.2) is 37.7 Å². The second-order valence-corrected chi connectivity index (χ2v) is 18.6. The van der Waals surface area contributed by atoms with Crippen LogP contribution in [0.15, 0.2) is 0 Å². The summed E-state index contributed by atoms with van der Waals surface area (Å²) < 4.78 is 83.8. The van der Waals surface area contributed by atoms with Crippen molar-refractivity contribution >= 4 is 7.82 Å². The van der Waals surface area contributed by atoms with Crippen molar-refractivity contribution in [2.24, 2.45) is 0 Å². The number of rotatable bonds is 8. The van der Waals surface area contributed by atoms with E-state index in [0.717, 1.165) is 0 Å². The van der Waals surface area contributed by atoms with E-state index in [1.54, 1.807) is 0 Å². The Morgan fingerprint density at radius 3 is 0.657 bits per heavy atom. The molecule has 22 saturated heterocycles. The summed E-state index contributed by atoms with van der Waals surface area (Å²) in [5.74, 6) is 0. The van der Waals surface area contributed by atoms with E-state index < -0.39 is 232 Å². The fourth-order valence-electron chi connectivity index (χ4n) is 9.08. The summed E-state index contributed by atoms with van der Waals surface area (Å²) in [6.07, 6.45) is -61.6. The molecule has 0 saturated carbocycles. The van der Waals surface area contributed by atoms with Gasteiger partial charge in [0.25, 0.3) is 7.82 Å². The van der Waals surface area contributed by atoms with Crippen molar-refractivity contribution in [2.45, 2.75) is 184 Å². The Balaban J connectivity index is 1.21. The van der Waals surface area contributed by atoms with E-state index in [1.807, 2.05) is 0 Å². The number of hydrogen-bond donors (Lipinski definition) is 18. The average Bonchev–Trinajstić information content (AvgIpc) is 3.33. The molecule has 33 nitrogen and oxygen atoms in total. The molecule has 34 heteroatoms. The molecule has 22 rings (SSSR count). The Kier molecular flexibility index (Phi) is 19.0. The maximum absolute atomic E-state index is 11.7. The standard InChI is InChI=1S/C36H61O33P/c37-1-7-25-13(42)19(48)31(58-7)65-26-8(2-38)60-33(21(50)15(26)44)67-28-10(4-40)62-35(23(52)17(28)46)69-30-12(6-57-70(54,55)56)63-36(24(53)18(30)47)68-29-11(5-41)61-34(22(51)16(29)45)66-27-9(3-39)59-32(64-25)20(49)14(27)43/h7-53H,1-6H2,(H2,54,55,56)/p-1/t7-,8-,9-,10-,11-,12-,13-,14-,15-,16-,17-,18-,19-,20-,21-,22-,23-,24-,25-,26-,27-,28-,29-,30-,31-,32-,33-,34-,35-,36-/m1/s1. The van der Waals surface area contributed by atoms with Crippen molar-refractivity contribution < 1.29 is 163 Å². The molecule has 31 atom stereocenters. The largest absolute Gasteiger partial charge is 0.756 e. The van der Waals surface area contributed by atoms with Crippen LogP contribution in [0.5, 0.6) is 0 Å². The fraction of sp³-hybridized carbons (Fsp3) is 1.00. The number of aliphatic hydroxyl groups excluding tert-OH is 17. The second-order valence-electron chi connectivity index (χ2n) is 17.4. The maximum Gasteiger partial charge on any atom is 0.265 e. The summed E-state index contributed by atoms with van der Waals surface area (Å²) >= 11 is 0. The third-order valence-corrected chi connectivity index (χ3v) is 13.4. The first-order valence-corrected chi connectivity index (χ1v) is 23.3. The Bertz CT molecular complexity index is 1690. The van der Waals surface area contributed by atoms with Gasteiger partial charge < -0.3 is 158 Å². The zero-order valence-corrected chi connectivity index (χ0v) is 37.1. The molecule has 0 aromatic carbocycles. The van der Waals surface area contributed by atoms with E-state index in [4.69, 9.17) is 56.8 Å². The monoisotopic (exact) mass is 1050 g/mol. The molecule has 0 aromatic heterocycles. The van der Waals surface area contributed by atoms with Crippen molar-refractivity contribution in [3.8, 4) is 0 Å². The molecule has 0 radical (unpaired) electrons. The van der Waals surface area contributed by atoms with Crippen molar-refractivity contribution in [2.75, 3.05) is 39.6 Å². The van der Waals surface area contributed by atoms with E-state index in [2.05, 4.69) is 4.52 Å². The normalized spacial score (nSPS) is 53.8. The number of phosphoric ester groups is 1. The van der Waals surface area contributed by atoms with Crippen LogP contribution in [0.1, 0.15) is 0 Å². The Labute approximate surface area is 394 Å². The summed E-state index contributed by atoms with van der Waals surface area (Å²) in [6.45, 7) is -6.56. The van der Waals surface area contributed by atoms with Gasteiger partial charge in [-0.2, -0.15) is 0 Å². The van der Waals surface area contributed by atoms with Gasteiger partial charge in [-0.05, 0) is 0 Å². The third-order valence-electron chi connectivity index (χ3n) is 12.9. The smallest absolute Gasteiger partial charge is 0.265 e. The molecular formula is C36H60O33P-. The summed E-state index contributed by atoms with van der Waals surface area (Å²) in [6, 6.07) is 0. The van der Waals surface area contributed by atoms with E-state index in [1.165, 1.54) is 0 Å². The molecule has 0 aliphatic carbocycles. The highest BCUT2D eigenvalue weighted by Gasteiger charge is 2.58. The third kappa shape index (κ3) is 11.5. The van der Waals surface area contributed by atoms with Gasteiger partial charge in [-0.15, -0.1) is 0 Å². The van der Waals surface area contributed by atoms with Crippen LogP contribution in [-0.2, 0) is 65.9 Å². The van der Waals surface area contributed by atoms with E-state index in [-0.39, 0.29) is 0 Å². The molecule has 22 heterocycles. The van der Waals surface area contributed by atoms with Gasteiger partial charge in [-0.3, -0.25) is 4.57 Å². The first-order chi connectivity index (χ1) is 33.1. The van der Waals surface area contributed by atoms with E-state index >= 15 is 0 Å². The van der Waals surface area contributed by atoms with Crippen LogP contribution in [0.2, 0.25) is 0 Å². The molecule has 0 spiro atoms. The first-order valence-electron chi connectivity index (χ1n) is 21.8. The lowest BCUT2D eigenvalue weighted by Crippen LogP contribution is -2.69. The lowest BCUT2D eigenvalue weighted by atomic mass is 9.94. The topological polar surface area (TPSA) is 524 Å². The molecule has 22 aliphatic heterocycles. The summed E-state index contributed by atoms with van der Waals surface area (Å²) in [4.78, 5) is 21.1. The molecule has 70 heavy (non-hydrogen) atoms. The van der Waals surface area contributed by atoms with E-state index in [0.29, 0.717) is 0 Å². The van der Waals surface area contributed by atoms with Crippen LogP contribution in [0.25, 0.3) is 0 Å². The highest BCUT2D eigenvalue weighted by Crippen LogP contribution is 2.39. The van der Waals surface area contributed by atoms with Gasteiger partial charge in [0.1, 0.15) is 146 Å². The first kappa shape index (κ1) is 56.7. The highest BCUT2D eigenvalue weighted by molar-refractivity contribution is 7.44. The van der Waals surface area contributed by atoms with Crippen molar-refractivity contribution in [3.63, 3.8) is 0 Å². The van der Waals surface area contributed by atoms with Crippen LogP contribution >= 0.6 is 7.82 Å². The van der Waals surface area contributed by atoms with Crippen molar-refractivity contribution in [1.29, 1.82) is 0 Å². The molecule has 18 N–H and O–H groups in total. The molecule has 0 amide bonds. The summed E-state index contributed by atoms with van der Waals surface area (Å²) in [5.41, 5.74) is 0. The van der Waals surface area contributed by atoms with Crippen molar-refractivity contribution in [1.82, 2.24) is 0 Å². The molecule has 1 unspecified atom stereocenters. The predicted molar refractivity (Wildman–Crippen MR) is 204 cm³/mol. The van der Waals surface area contributed by atoms with Gasteiger partial charge in [0, 0.05) is 0 Å². The molecular weight excluding hydrogens is 991 g/mol. The Morgan fingerprint density at radius 2 is 0.486 bits per heavy atom. The van der Waals surface area contributed by atoms with Gasteiger partial charge in [0.05, 0.1) is 39.6 Å². The van der Waals surface area contributed by atoms with Crippen molar-refractivity contribution in [3.05, 3.63) is 0 Å². The van der Waals surface area contributed by atoms with Gasteiger partial charge in [0.2, 0.25) is 0 Å². The van der Waals surface area contributed by atoms with Crippen LogP contribution in [0.3, 0.4) is 0 Å². The maximum atomic E-state index is 11.7. The number of hydrogen-bond acceptors (Lipinski definition) is 32. The van der Waals surface area contributed by atoms with Gasteiger partial charge >= 0.3 is 0 Å². The number of ether oxygens (including phenoxy) is 12. The Morgan fingerprint density at radius 1 is 0.314 bits per heavy atom. The highest BCUT2D eigenvalue weighted by atomic mass is 31.2. The molecule has 12 bridgehead atoms. The predicted octanol–water partition coefficient (Wildman–Crippen LogP) is -13.6. The molecule has 0 aromatic rings. The zero-order chi connectivity index (χ0) is 51.3. The Hall–Kier alpha value is -1.05. The minimum absolute atomic E-state index is 1.03. The minimum atomic E-state index is -5.62. The summed E-state index contributed by atoms with van der Waals surface area (Å²) in [5, 5.41) is 186. The SMILES string of the molecule is O=P([O-])(O)OC[C@H]1O[C@@H]2O[C@H]3[C@H](O)[C@@H](O)[C@@H](O[C@H]4[C@H](O)[C@@H](O)[C@@H](O[C@H]5[C@H](O)[C@@H](O)[C@@H](O[C@H]6[C@H](O)[C@@H](O)[C@@H](O[C@H]7[C@H](O)[C@@H](O)[C@@H](O[C@H]1[C@H](O)[C@H]2O)O[C@@H]7CO)O[C@@H]6CO)O[C@@H]5CO)O[C@@H]4CO)O[C@@H]3CO. The van der Waals surface area contributed by atoms with E-state index in [9.17, 15) is 101 Å². The van der Waals surface area contributed by atoms with Crippen LogP contribution in [0.4, 0.5) is 0 Å². The number of aliphatic hydroxyl groups is 17. The lowest BCUT2D eigenvalue weighted by Gasteiger charge is -2.50. The minimum Gasteiger partial charge on any atom is -0.756 e. The molecule has 22 aliphatic rings. The fourth-order valence-corrected chi connectivity index (χ4v) is 9.42. The van der Waals surface area contributed by atoms with Crippen LogP contribution in [-0.4, -0.2) is 316 Å². The average molecular weight is 1050 g/mol. The second kappa shape index (κ2) is 23.5. The van der Waals surface area contributed by atoms with Crippen LogP contribution in [0, 0.1) is 0 Å². The zero-order valence-electron chi connectivity index (χ0n) is 36.2. The van der Waals surface area contributed by atoms with Crippen LogP contribution < -0.4 is 4.89 Å². The molecule has 408 valence electrons.